The van der Waals surface area contributed by atoms with Crippen LogP contribution in [0.25, 0.3) is 5.65 Å². The van der Waals surface area contributed by atoms with Gasteiger partial charge in [-0.25, -0.2) is 4.39 Å². The van der Waals surface area contributed by atoms with Gasteiger partial charge in [-0.2, -0.15) is 0 Å². The van der Waals surface area contributed by atoms with E-state index in [2.05, 4.69) is 25.8 Å². The second kappa shape index (κ2) is 8.23. The Morgan fingerprint density at radius 3 is 2.76 bits per heavy atom. The quantitative estimate of drug-likeness (QED) is 0.410. The first-order valence-corrected chi connectivity index (χ1v) is 8.24. The van der Waals surface area contributed by atoms with Gasteiger partial charge in [0.1, 0.15) is 11.6 Å². The monoisotopic (exact) mass is 340 g/mol. The molecule has 0 bridgehead atoms. The molecule has 7 heteroatoms. The lowest BCUT2D eigenvalue weighted by Gasteiger charge is -2.11. The van der Waals surface area contributed by atoms with E-state index in [9.17, 15) is 4.39 Å². The Bertz CT molecular complexity index is 840. The Hall–Kier alpha value is -2.96. The molecule has 130 valence electrons. The third-order valence-electron chi connectivity index (χ3n) is 3.85. The van der Waals surface area contributed by atoms with Crippen molar-refractivity contribution in [3.8, 4) is 0 Å². The molecule has 0 aliphatic heterocycles. The van der Waals surface area contributed by atoms with Crippen molar-refractivity contribution >= 4 is 11.6 Å². The van der Waals surface area contributed by atoms with Gasteiger partial charge in [0, 0.05) is 32.8 Å². The number of aliphatic imine (C=N–C) groups is 1. The van der Waals surface area contributed by atoms with E-state index in [-0.39, 0.29) is 5.82 Å². The lowest BCUT2D eigenvalue weighted by molar-refractivity contribution is 0.626. The number of nitrogens with one attached hydrogen (secondary N) is 2. The summed E-state index contributed by atoms with van der Waals surface area (Å²) < 4.78 is 14.9. The van der Waals surface area contributed by atoms with E-state index in [4.69, 9.17) is 0 Å². The molecular formula is C18H21FN6. The van der Waals surface area contributed by atoms with Gasteiger partial charge in [-0.05, 0) is 36.2 Å². The van der Waals surface area contributed by atoms with Crippen molar-refractivity contribution in [3.63, 3.8) is 0 Å². The normalized spacial score (nSPS) is 11.7. The van der Waals surface area contributed by atoms with Crippen LogP contribution < -0.4 is 10.6 Å². The molecule has 0 amide bonds. The summed E-state index contributed by atoms with van der Waals surface area (Å²) in [5.74, 6) is 1.44. The summed E-state index contributed by atoms with van der Waals surface area (Å²) in [5, 5.41) is 14.9. The zero-order valence-corrected chi connectivity index (χ0v) is 14.1. The van der Waals surface area contributed by atoms with Crippen LogP contribution in [0.5, 0.6) is 0 Å². The first kappa shape index (κ1) is 16.9. The standard InChI is InChI=1S/C18H21FN6/c1-20-18(22-13-14-7-9-15(19)10-8-14)21-11-4-6-17-24-23-16-5-2-3-12-25(16)17/h2-3,5,7-10,12H,4,6,11,13H2,1H3,(H2,20,21,22). The third kappa shape index (κ3) is 4.53. The van der Waals surface area contributed by atoms with Crippen molar-refractivity contribution in [1.82, 2.24) is 25.2 Å². The number of hydrogen-bond acceptors (Lipinski definition) is 3. The molecule has 0 saturated heterocycles. The van der Waals surface area contributed by atoms with Gasteiger partial charge in [-0.15, -0.1) is 10.2 Å². The molecule has 25 heavy (non-hydrogen) atoms. The molecular weight excluding hydrogens is 319 g/mol. The number of fused-ring (bicyclic) bond motifs is 1. The Morgan fingerprint density at radius 1 is 1.12 bits per heavy atom. The minimum absolute atomic E-state index is 0.229. The van der Waals surface area contributed by atoms with Crippen molar-refractivity contribution in [3.05, 3.63) is 65.9 Å². The minimum atomic E-state index is -0.229. The van der Waals surface area contributed by atoms with E-state index < -0.39 is 0 Å². The molecule has 3 rings (SSSR count). The maximum Gasteiger partial charge on any atom is 0.191 e. The van der Waals surface area contributed by atoms with Gasteiger partial charge in [0.2, 0.25) is 0 Å². The van der Waals surface area contributed by atoms with Gasteiger partial charge in [-0.1, -0.05) is 18.2 Å². The van der Waals surface area contributed by atoms with Gasteiger partial charge >= 0.3 is 0 Å². The molecule has 0 radical (unpaired) electrons. The minimum Gasteiger partial charge on any atom is -0.356 e. The van der Waals surface area contributed by atoms with Crippen LogP contribution in [0.1, 0.15) is 17.8 Å². The van der Waals surface area contributed by atoms with Crippen molar-refractivity contribution < 1.29 is 4.39 Å². The average Bonchev–Trinajstić information content (AvgIpc) is 3.06. The molecule has 0 unspecified atom stereocenters. The van der Waals surface area contributed by atoms with Crippen LogP contribution in [-0.2, 0) is 13.0 Å². The largest absolute Gasteiger partial charge is 0.356 e. The number of benzene rings is 1. The second-order valence-electron chi connectivity index (χ2n) is 5.63. The average molecular weight is 340 g/mol. The van der Waals surface area contributed by atoms with Gasteiger partial charge in [0.25, 0.3) is 0 Å². The lowest BCUT2D eigenvalue weighted by atomic mass is 10.2. The molecule has 6 nitrogen and oxygen atoms in total. The summed E-state index contributed by atoms with van der Waals surface area (Å²) in [5.41, 5.74) is 1.86. The molecule has 2 heterocycles. The number of aromatic nitrogens is 3. The van der Waals surface area contributed by atoms with E-state index >= 15 is 0 Å². The van der Waals surface area contributed by atoms with Gasteiger partial charge < -0.3 is 10.6 Å². The van der Waals surface area contributed by atoms with Crippen LogP contribution in [0.15, 0.2) is 53.7 Å². The van der Waals surface area contributed by atoms with Gasteiger partial charge in [0.15, 0.2) is 11.6 Å². The predicted octanol–water partition coefficient (Wildman–Crippen LogP) is 2.17. The fourth-order valence-electron chi connectivity index (χ4n) is 2.52. The van der Waals surface area contributed by atoms with E-state index in [1.807, 2.05) is 28.8 Å². The number of hydrogen-bond donors (Lipinski definition) is 2. The number of rotatable bonds is 6. The highest BCUT2D eigenvalue weighted by Gasteiger charge is 2.04. The topological polar surface area (TPSA) is 66.6 Å². The Labute approximate surface area is 145 Å². The first-order chi connectivity index (χ1) is 12.3. The Balaban J connectivity index is 1.43. The van der Waals surface area contributed by atoms with Gasteiger partial charge in [-0.3, -0.25) is 9.39 Å². The highest BCUT2D eigenvalue weighted by Crippen LogP contribution is 2.05. The molecule has 0 spiro atoms. The summed E-state index contributed by atoms with van der Waals surface area (Å²) in [7, 11) is 1.73. The van der Waals surface area contributed by atoms with Crippen molar-refractivity contribution in [2.24, 2.45) is 4.99 Å². The maximum atomic E-state index is 12.9. The molecule has 1 aromatic carbocycles. The molecule has 2 aromatic heterocycles. The van der Waals surface area contributed by atoms with Crippen LogP contribution in [0.3, 0.4) is 0 Å². The maximum absolute atomic E-state index is 12.9. The van der Waals surface area contributed by atoms with Crippen LogP contribution in [0.4, 0.5) is 4.39 Å². The van der Waals surface area contributed by atoms with Gasteiger partial charge in [0.05, 0.1) is 0 Å². The van der Waals surface area contributed by atoms with Crippen molar-refractivity contribution in [1.29, 1.82) is 0 Å². The van der Waals surface area contributed by atoms with E-state index in [1.54, 1.807) is 19.2 Å². The van der Waals surface area contributed by atoms with E-state index in [0.717, 1.165) is 42.4 Å². The van der Waals surface area contributed by atoms with Crippen LogP contribution in [0.2, 0.25) is 0 Å². The fourth-order valence-corrected chi connectivity index (χ4v) is 2.52. The van der Waals surface area contributed by atoms with Crippen molar-refractivity contribution in [2.75, 3.05) is 13.6 Å². The van der Waals surface area contributed by atoms with Crippen LogP contribution in [-0.4, -0.2) is 34.2 Å². The SMILES string of the molecule is CN=C(NCCCc1nnc2ccccn12)NCc1ccc(F)cc1. The fraction of sp³-hybridized carbons (Fsp3) is 0.278. The van der Waals surface area contributed by atoms with Crippen molar-refractivity contribution in [2.45, 2.75) is 19.4 Å². The smallest absolute Gasteiger partial charge is 0.191 e. The number of pyridine rings is 1. The highest BCUT2D eigenvalue weighted by molar-refractivity contribution is 5.79. The third-order valence-corrected chi connectivity index (χ3v) is 3.85. The highest BCUT2D eigenvalue weighted by atomic mass is 19.1. The molecule has 0 atom stereocenters. The zero-order chi connectivity index (χ0) is 17.5. The molecule has 0 saturated carbocycles. The second-order valence-corrected chi connectivity index (χ2v) is 5.63. The van der Waals surface area contributed by atoms with E-state index in [1.165, 1.54) is 12.1 Å². The lowest BCUT2D eigenvalue weighted by Crippen LogP contribution is -2.37. The first-order valence-electron chi connectivity index (χ1n) is 8.24. The Morgan fingerprint density at radius 2 is 1.96 bits per heavy atom. The summed E-state index contributed by atoms with van der Waals surface area (Å²) >= 11 is 0. The van der Waals surface area contributed by atoms with Crippen LogP contribution in [0, 0.1) is 5.82 Å². The summed E-state index contributed by atoms with van der Waals surface area (Å²) in [6.45, 7) is 1.36. The number of aryl methyl sites for hydroxylation is 1. The van der Waals surface area contributed by atoms with E-state index in [0.29, 0.717) is 6.54 Å². The molecule has 3 aromatic rings. The number of nitrogens with zero attached hydrogens (tertiary/aromatic N) is 4. The molecule has 2 N–H and O–H groups in total. The number of halogens is 1. The molecule has 0 fully saturated rings. The van der Waals surface area contributed by atoms with Crippen LogP contribution >= 0.6 is 0 Å². The zero-order valence-electron chi connectivity index (χ0n) is 14.1. The predicted molar refractivity (Wildman–Crippen MR) is 95.9 cm³/mol. The summed E-state index contributed by atoms with van der Waals surface area (Å²) in [4.78, 5) is 4.19. The summed E-state index contributed by atoms with van der Waals surface area (Å²) in [6.07, 6.45) is 3.71. The molecule has 0 aliphatic carbocycles. The molecule has 0 aliphatic rings. The number of guanidine groups is 1. The summed E-state index contributed by atoms with van der Waals surface area (Å²) in [6, 6.07) is 12.3. The Kier molecular flexibility index (Phi) is 5.56.